The van der Waals surface area contributed by atoms with Gasteiger partial charge in [-0.2, -0.15) is 0 Å². The molecule has 0 saturated carbocycles. The fourth-order valence-electron chi connectivity index (χ4n) is 1.21. The highest BCUT2D eigenvalue weighted by atomic mass is 79.9. The average molecular weight is 318 g/mol. The summed E-state index contributed by atoms with van der Waals surface area (Å²) in [5.41, 5.74) is 1.01. The van der Waals surface area contributed by atoms with Gasteiger partial charge in [-0.05, 0) is 51.9 Å². The van der Waals surface area contributed by atoms with Gasteiger partial charge in [0.1, 0.15) is 0 Å². The van der Waals surface area contributed by atoms with Crippen LogP contribution in [0.1, 0.15) is 25.3 Å². The van der Waals surface area contributed by atoms with Crippen molar-refractivity contribution in [3.63, 3.8) is 0 Å². The Kier molecular flexibility index (Phi) is 6.47. The summed E-state index contributed by atoms with van der Waals surface area (Å²) in [5, 5.41) is 14.0. The summed E-state index contributed by atoms with van der Waals surface area (Å²) in [5.74, 6) is -0.129. The van der Waals surface area contributed by atoms with Gasteiger partial charge in [0.05, 0.1) is 9.89 Å². The molecule has 3 nitrogen and oxygen atoms in total. The Morgan fingerprint density at radius 2 is 2.47 bits per heavy atom. The molecule has 0 fully saturated rings. The number of rotatable bonds is 6. The molecule has 2 N–H and O–H groups in total. The molecule has 1 atom stereocenters. The molecular formula is C12H16BrNO2S. The van der Waals surface area contributed by atoms with Crippen LogP contribution in [0.25, 0.3) is 6.08 Å². The van der Waals surface area contributed by atoms with Crippen molar-refractivity contribution in [1.29, 1.82) is 0 Å². The summed E-state index contributed by atoms with van der Waals surface area (Å²) in [6.45, 7) is 2.42. The van der Waals surface area contributed by atoms with Crippen LogP contribution in [0.4, 0.5) is 0 Å². The van der Waals surface area contributed by atoms with Gasteiger partial charge in [0.15, 0.2) is 0 Å². The predicted octanol–water partition coefficient (Wildman–Crippen LogP) is 2.80. The minimum atomic E-state index is -0.327. The Morgan fingerprint density at radius 1 is 1.71 bits per heavy atom. The van der Waals surface area contributed by atoms with Gasteiger partial charge in [-0.15, -0.1) is 11.3 Å². The first-order valence-electron chi connectivity index (χ1n) is 5.49. The van der Waals surface area contributed by atoms with Gasteiger partial charge < -0.3 is 10.4 Å². The van der Waals surface area contributed by atoms with Crippen molar-refractivity contribution in [2.24, 2.45) is 0 Å². The molecule has 0 aliphatic rings. The number of amides is 1. The summed E-state index contributed by atoms with van der Waals surface area (Å²) in [6.07, 6.45) is 4.26. The first-order valence-corrected chi connectivity index (χ1v) is 7.17. The molecule has 5 heteroatoms. The second-order valence-electron chi connectivity index (χ2n) is 3.66. The van der Waals surface area contributed by atoms with Gasteiger partial charge in [-0.3, -0.25) is 4.79 Å². The minimum absolute atomic E-state index is 0.129. The molecule has 1 unspecified atom stereocenters. The number of thiophene rings is 1. The lowest BCUT2D eigenvalue weighted by Crippen LogP contribution is -2.25. The largest absolute Gasteiger partial charge is 0.393 e. The number of halogens is 1. The Balaban J connectivity index is 2.27. The van der Waals surface area contributed by atoms with E-state index in [4.69, 9.17) is 0 Å². The maximum atomic E-state index is 11.4. The van der Waals surface area contributed by atoms with Crippen molar-refractivity contribution in [2.75, 3.05) is 6.54 Å². The maximum absolute atomic E-state index is 11.4. The van der Waals surface area contributed by atoms with Gasteiger partial charge in [0.25, 0.3) is 0 Å². The number of carbonyl (C=O) groups excluding carboxylic acids is 1. The number of aliphatic hydroxyl groups is 1. The van der Waals surface area contributed by atoms with Crippen molar-refractivity contribution >= 4 is 39.2 Å². The van der Waals surface area contributed by atoms with Crippen LogP contribution in [-0.2, 0) is 4.79 Å². The number of carbonyl (C=O) groups is 1. The Labute approximate surface area is 114 Å². The Hall–Kier alpha value is -0.650. The second kappa shape index (κ2) is 7.63. The smallest absolute Gasteiger partial charge is 0.244 e. The monoisotopic (exact) mass is 317 g/mol. The predicted molar refractivity (Wildman–Crippen MR) is 75.0 cm³/mol. The second-order valence-corrected chi connectivity index (χ2v) is 5.95. The van der Waals surface area contributed by atoms with Gasteiger partial charge >= 0.3 is 0 Å². The average Bonchev–Trinajstić information content (AvgIpc) is 2.72. The molecule has 0 spiro atoms. The third kappa shape index (κ3) is 6.00. The summed E-state index contributed by atoms with van der Waals surface area (Å²) in [7, 11) is 0. The van der Waals surface area contributed by atoms with E-state index in [1.54, 1.807) is 17.4 Å². The third-order valence-electron chi connectivity index (χ3n) is 2.26. The van der Waals surface area contributed by atoms with E-state index in [1.807, 2.05) is 18.4 Å². The van der Waals surface area contributed by atoms with Crippen molar-refractivity contribution in [3.8, 4) is 0 Å². The minimum Gasteiger partial charge on any atom is -0.393 e. The SMILES string of the molecule is CCC(O)CCNC(=O)/C=C/c1csc(Br)c1. The zero-order valence-corrected chi connectivity index (χ0v) is 12.1. The van der Waals surface area contributed by atoms with E-state index in [1.165, 1.54) is 6.08 Å². The van der Waals surface area contributed by atoms with E-state index in [-0.39, 0.29) is 12.0 Å². The molecule has 1 aromatic rings. The molecule has 0 aliphatic carbocycles. The summed E-state index contributed by atoms with van der Waals surface area (Å²) in [6, 6.07) is 1.95. The van der Waals surface area contributed by atoms with Crippen LogP contribution in [0.15, 0.2) is 21.3 Å². The van der Waals surface area contributed by atoms with Gasteiger partial charge in [-0.1, -0.05) is 6.92 Å². The normalized spacial score (nSPS) is 12.9. The molecule has 1 heterocycles. The number of hydrogen-bond donors (Lipinski definition) is 2. The highest BCUT2D eigenvalue weighted by Crippen LogP contribution is 2.21. The van der Waals surface area contributed by atoms with Gasteiger partial charge in [0, 0.05) is 12.6 Å². The third-order valence-corrected chi connectivity index (χ3v) is 3.79. The van der Waals surface area contributed by atoms with E-state index in [2.05, 4.69) is 21.2 Å². The quantitative estimate of drug-likeness (QED) is 0.793. The highest BCUT2D eigenvalue weighted by Gasteiger charge is 2.01. The van der Waals surface area contributed by atoms with Crippen LogP contribution in [0.3, 0.4) is 0 Å². The van der Waals surface area contributed by atoms with Crippen LogP contribution >= 0.6 is 27.3 Å². The standard InChI is InChI=1S/C12H16BrNO2S/c1-2-10(15)5-6-14-12(16)4-3-9-7-11(13)17-8-9/h3-4,7-8,10,15H,2,5-6H2,1H3,(H,14,16)/b4-3+. The summed E-state index contributed by atoms with van der Waals surface area (Å²) < 4.78 is 1.05. The molecular weight excluding hydrogens is 302 g/mol. The molecule has 0 radical (unpaired) electrons. The Morgan fingerprint density at radius 3 is 3.06 bits per heavy atom. The molecule has 1 aromatic heterocycles. The van der Waals surface area contributed by atoms with Gasteiger partial charge in [-0.25, -0.2) is 0 Å². The summed E-state index contributed by atoms with van der Waals surface area (Å²) in [4.78, 5) is 11.4. The van der Waals surface area contributed by atoms with Crippen molar-refractivity contribution in [2.45, 2.75) is 25.9 Å². The van der Waals surface area contributed by atoms with Crippen molar-refractivity contribution < 1.29 is 9.90 Å². The van der Waals surface area contributed by atoms with Gasteiger partial charge in [0.2, 0.25) is 5.91 Å². The highest BCUT2D eigenvalue weighted by molar-refractivity contribution is 9.11. The topological polar surface area (TPSA) is 49.3 Å². The van der Waals surface area contributed by atoms with Crippen LogP contribution in [0.5, 0.6) is 0 Å². The van der Waals surface area contributed by atoms with E-state index in [9.17, 15) is 9.90 Å². The number of aliphatic hydroxyl groups excluding tert-OH is 1. The zero-order valence-electron chi connectivity index (χ0n) is 9.65. The lowest BCUT2D eigenvalue weighted by Gasteiger charge is -2.06. The first-order chi connectivity index (χ1) is 8.11. The van der Waals surface area contributed by atoms with Crippen molar-refractivity contribution in [1.82, 2.24) is 5.32 Å². The van der Waals surface area contributed by atoms with E-state index < -0.39 is 0 Å². The van der Waals surface area contributed by atoms with Crippen LogP contribution < -0.4 is 5.32 Å². The Bertz CT molecular complexity index is 390. The van der Waals surface area contributed by atoms with Crippen LogP contribution in [0.2, 0.25) is 0 Å². The van der Waals surface area contributed by atoms with E-state index >= 15 is 0 Å². The molecule has 94 valence electrons. The zero-order chi connectivity index (χ0) is 12.7. The fraction of sp³-hybridized carbons (Fsp3) is 0.417. The van der Waals surface area contributed by atoms with Crippen LogP contribution in [0, 0.1) is 0 Å². The summed E-state index contributed by atoms with van der Waals surface area (Å²) >= 11 is 4.94. The fourth-order valence-corrected chi connectivity index (χ4v) is 2.35. The van der Waals surface area contributed by atoms with E-state index in [0.29, 0.717) is 19.4 Å². The van der Waals surface area contributed by atoms with Crippen LogP contribution in [-0.4, -0.2) is 23.7 Å². The lowest BCUT2D eigenvalue weighted by molar-refractivity contribution is -0.116. The number of nitrogens with one attached hydrogen (secondary N) is 1. The molecule has 0 bridgehead atoms. The molecule has 1 amide bonds. The lowest BCUT2D eigenvalue weighted by atomic mass is 10.2. The van der Waals surface area contributed by atoms with E-state index in [0.717, 1.165) is 9.35 Å². The number of hydrogen-bond acceptors (Lipinski definition) is 3. The van der Waals surface area contributed by atoms with Crippen molar-refractivity contribution in [3.05, 3.63) is 26.9 Å². The molecule has 0 saturated heterocycles. The molecule has 1 rings (SSSR count). The molecule has 0 aliphatic heterocycles. The first kappa shape index (κ1) is 14.4. The molecule has 0 aromatic carbocycles. The maximum Gasteiger partial charge on any atom is 0.244 e. The molecule has 17 heavy (non-hydrogen) atoms.